The van der Waals surface area contributed by atoms with Crippen molar-refractivity contribution in [3.8, 4) is 6.07 Å². The third kappa shape index (κ3) is 3.72. The van der Waals surface area contributed by atoms with Gasteiger partial charge in [-0.05, 0) is 6.92 Å². The SMILES string of the molecule is Cc1nc(S(=O)(=O)Cl)cn1CC(=O)NCC#N. The molecule has 1 aromatic rings. The quantitative estimate of drug-likeness (QED) is 0.603. The molecular formula is C8H9ClN4O3S. The Kier molecular flexibility index (Phi) is 4.09. The maximum absolute atomic E-state index is 11.3. The minimum absolute atomic E-state index is 0.104. The van der Waals surface area contributed by atoms with Crippen LogP contribution < -0.4 is 5.32 Å². The summed E-state index contributed by atoms with van der Waals surface area (Å²) in [6.45, 7) is 1.32. The molecule has 0 atom stereocenters. The fourth-order valence-corrected chi connectivity index (χ4v) is 1.82. The minimum Gasteiger partial charge on any atom is -0.341 e. The van der Waals surface area contributed by atoms with E-state index < -0.39 is 15.0 Å². The van der Waals surface area contributed by atoms with E-state index in [-0.39, 0.29) is 18.1 Å². The Labute approximate surface area is 102 Å². The molecule has 0 unspecified atom stereocenters. The standard InChI is InChI=1S/C8H9ClN4O3S/c1-6-12-8(17(9,15)16)5-13(6)4-7(14)11-3-2-10/h5H,3-4H2,1H3,(H,11,14). The zero-order valence-electron chi connectivity index (χ0n) is 8.84. The van der Waals surface area contributed by atoms with Gasteiger partial charge in [-0.25, -0.2) is 13.4 Å². The molecule has 1 aromatic heterocycles. The van der Waals surface area contributed by atoms with Crippen molar-refractivity contribution in [1.29, 1.82) is 5.26 Å². The molecule has 0 aliphatic heterocycles. The first kappa shape index (κ1) is 13.5. The van der Waals surface area contributed by atoms with Gasteiger partial charge in [-0.15, -0.1) is 0 Å². The van der Waals surface area contributed by atoms with Crippen LogP contribution in [0.25, 0.3) is 0 Å². The van der Waals surface area contributed by atoms with Crippen molar-refractivity contribution < 1.29 is 13.2 Å². The normalized spacial score (nSPS) is 10.9. The average molecular weight is 277 g/mol. The third-order valence-corrected chi connectivity index (χ3v) is 3.05. The van der Waals surface area contributed by atoms with E-state index in [9.17, 15) is 13.2 Å². The van der Waals surface area contributed by atoms with E-state index >= 15 is 0 Å². The minimum atomic E-state index is -3.90. The molecule has 0 radical (unpaired) electrons. The summed E-state index contributed by atoms with van der Waals surface area (Å²) >= 11 is 0. The molecule has 0 aliphatic rings. The Balaban J connectivity index is 2.84. The number of imidazole rings is 1. The van der Waals surface area contributed by atoms with Crippen LogP contribution in [0, 0.1) is 18.3 Å². The summed E-state index contributed by atoms with van der Waals surface area (Å²) in [5.41, 5.74) is 0. The second-order valence-corrected chi connectivity index (χ2v) is 5.64. The van der Waals surface area contributed by atoms with E-state index in [0.29, 0.717) is 5.82 Å². The number of nitrogens with one attached hydrogen (secondary N) is 1. The number of carbonyl (C=O) groups is 1. The Morgan fingerprint density at radius 1 is 1.71 bits per heavy atom. The van der Waals surface area contributed by atoms with Gasteiger partial charge in [-0.1, -0.05) is 0 Å². The number of aryl methyl sites for hydroxylation is 1. The first-order valence-electron chi connectivity index (χ1n) is 4.46. The van der Waals surface area contributed by atoms with Gasteiger partial charge in [0.25, 0.3) is 9.05 Å². The van der Waals surface area contributed by atoms with Gasteiger partial charge in [0, 0.05) is 16.9 Å². The molecule has 1 heterocycles. The van der Waals surface area contributed by atoms with Gasteiger partial charge in [0.1, 0.15) is 18.9 Å². The van der Waals surface area contributed by atoms with Crippen LogP contribution in [-0.2, 0) is 20.4 Å². The van der Waals surface area contributed by atoms with Crippen molar-refractivity contribution >= 4 is 25.6 Å². The van der Waals surface area contributed by atoms with Gasteiger partial charge in [0.05, 0.1) is 6.07 Å². The highest BCUT2D eigenvalue weighted by Gasteiger charge is 2.16. The van der Waals surface area contributed by atoms with E-state index in [1.807, 2.05) is 0 Å². The summed E-state index contributed by atoms with van der Waals surface area (Å²) in [6.07, 6.45) is 1.17. The molecule has 0 aliphatic carbocycles. The van der Waals surface area contributed by atoms with Crippen LogP contribution in [0.4, 0.5) is 0 Å². The first-order chi connectivity index (χ1) is 7.84. The maximum Gasteiger partial charge on any atom is 0.280 e. The average Bonchev–Trinajstić information content (AvgIpc) is 2.57. The molecule has 17 heavy (non-hydrogen) atoms. The van der Waals surface area contributed by atoms with Gasteiger partial charge >= 0.3 is 0 Å². The van der Waals surface area contributed by atoms with E-state index in [2.05, 4.69) is 10.3 Å². The highest BCUT2D eigenvalue weighted by molar-refractivity contribution is 8.13. The molecule has 0 aromatic carbocycles. The zero-order chi connectivity index (χ0) is 13.1. The second-order valence-electron chi connectivity index (χ2n) is 3.13. The predicted molar refractivity (Wildman–Crippen MR) is 58.6 cm³/mol. The first-order valence-corrected chi connectivity index (χ1v) is 6.77. The molecule has 0 bridgehead atoms. The molecule has 9 heteroatoms. The van der Waals surface area contributed by atoms with Crippen LogP contribution in [0.1, 0.15) is 5.82 Å². The van der Waals surface area contributed by atoms with Crippen molar-refractivity contribution in [2.75, 3.05) is 6.54 Å². The zero-order valence-corrected chi connectivity index (χ0v) is 10.4. The van der Waals surface area contributed by atoms with Gasteiger partial charge < -0.3 is 9.88 Å². The highest BCUT2D eigenvalue weighted by Crippen LogP contribution is 2.13. The number of nitrogens with zero attached hydrogens (tertiary/aromatic N) is 3. The summed E-state index contributed by atoms with van der Waals surface area (Å²) in [6, 6.07) is 1.75. The van der Waals surface area contributed by atoms with Crippen molar-refractivity contribution in [1.82, 2.24) is 14.9 Å². The number of halogens is 1. The Bertz CT molecular complexity index is 572. The van der Waals surface area contributed by atoms with Crippen molar-refractivity contribution in [2.24, 2.45) is 0 Å². The molecule has 1 N–H and O–H groups in total. The molecule has 0 spiro atoms. The lowest BCUT2D eigenvalue weighted by atomic mass is 10.5. The van der Waals surface area contributed by atoms with Crippen molar-refractivity contribution in [3.63, 3.8) is 0 Å². The predicted octanol–water partition coefficient (Wildman–Crippen LogP) is -0.241. The van der Waals surface area contributed by atoms with Gasteiger partial charge in [-0.3, -0.25) is 4.79 Å². The van der Waals surface area contributed by atoms with Crippen LogP contribution in [0.2, 0.25) is 0 Å². The van der Waals surface area contributed by atoms with E-state index in [1.165, 1.54) is 10.8 Å². The maximum atomic E-state index is 11.3. The molecule has 7 nitrogen and oxygen atoms in total. The fourth-order valence-electron chi connectivity index (χ4n) is 1.11. The molecule has 1 amide bonds. The topological polar surface area (TPSA) is 105 Å². The number of amides is 1. The van der Waals surface area contributed by atoms with Gasteiger partial charge in [-0.2, -0.15) is 5.26 Å². The third-order valence-electron chi connectivity index (χ3n) is 1.88. The Morgan fingerprint density at radius 3 is 2.82 bits per heavy atom. The fraction of sp³-hybridized carbons (Fsp3) is 0.375. The van der Waals surface area contributed by atoms with E-state index in [1.54, 1.807) is 13.0 Å². The molecule has 0 fully saturated rings. The lowest BCUT2D eigenvalue weighted by molar-refractivity contribution is -0.121. The van der Waals surface area contributed by atoms with E-state index in [4.69, 9.17) is 15.9 Å². The highest BCUT2D eigenvalue weighted by atomic mass is 35.7. The Hall–Kier alpha value is -1.59. The van der Waals surface area contributed by atoms with Crippen LogP contribution in [0.3, 0.4) is 0 Å². The molecule has 92 valence electrons. The number of hydrogen-bond donors (Lipinski definition) is 1. The van der Waals surface area contributed by atoms with Gasteiger partial charge in [0.15, 0.2) is 5.03 Å². The summed E-state index contributed by atoms with van der Waals surface area (Å²) in [5, 5.41) is 10.3. The van der Waals surface area contributed by atoms with Crippen molar-refractivity contribution in [3.05, 3.63) is 12.0 Å². The molecule has 0 saturated carbocycles. The summed E-state index contributed by atoms with van der Waals surface area (Å²) < 4.78 is 23.3. The summed E-state index contributed by atoms with van der Waals surface area (Å²) in [7, 11) is 1.22. The largest absolute Gasteiger partial charge is 0.341 e. The lowest BCUT2D eigenvalue weighted by Gasteiger charge is -2.03. The van der Waals surface area contributed by atoms with Crippen LogP contribution in [0.5, 0.6) is 0 Å². The van der Waals surface area contributed by atoms with Crippen LogP contribution in [-0.4, -0.2) is 30.4 Å². The van der Waals surface area contributed by atoms with E-state index in [0.717, 1.165) is 0 Å². The van der Waals surface area contributed by atoms with Crippen LogP contribution in [0.15, 0.2) is 11.2 Å². The number of rotatable bonds is 4. The summed E-state index contributed by atoms with van der Waals surface area (Å²) in [5.74, 6) is -0.0677. The van der Waals surface area contributed by atoms with Gasteiger partial charge in [0.2, 0.25) is 5.91 Å². The number of aromatic nitrogens is 2. The molecular weight excluding hydrogens is 268 g/mol. The molecule has 1 rings (SSSR count). The number of carbonyl (C=O) groups excluding carboxylic acids is 1. The van der Waals surface area contributed by atoms with Crippen LogP contribution >= 0.6 is 10.7 Å². The molecule has 0 saturated heterocycles. The summed E-state index contributed by atoms with van der Waals surface area (Å²) in [4.78, 5) is 15.0. The lowest BCUT2D eigenvalue weighted by Crippen LogP contribution is -2.27. The number of hydrogen-bond acceptors (Lipinski definition) is 5. The monoisotopic (exact) mass is 276 g/mol. The Morgan fingerprint density at radius 2 is 2.35 bits per heavy atom. The number of nitriles is 1. The second kappa shape index (κ2) is 5.16. The smallest absolute Gasteiger partial charge is 0.280 e. The van der Waals surface area contributed by atoms with Crippen molar-refractivity contribution in [2.45, 2.75) is 18.5 Å².